The van der Waals surface area contributed by atoms with Crippen molar-refractivity contribution in [2.75, 3.05) is 13.1 Å². The van der Waals surface area contributed by atoms with Crippen LogP contribution in [-0.2, 0) is 6.54 Å². The lowest BCUT2D eigenvalue weighted by molar-refractivity contribution is -0.788. The molecule has 1 aliphatic rings. The summed E-state index contributed by atoms with van der Waals surface area (Å²) in [6.45, 7) is 2.12. The Morgan fingerprint density at radius 1 is 1.20 bits per heavy atom. The fourth-order valence-electron chi connectivity index (χ4n) is 1.45. The van der Waals surface area contributed by atoms with Gasteiger partial charge in [0.1, 0.15) is 6.54 Å². The smallest absolute Gasteiger partial charge is 0.376 e. The summed E-state index contributed by atoms with van der Waals surface area (Å²) in [6.07, 6.45) is 0. The Hall–Kier alpha value is -1.42. The first-order valence-corrected chi connectivity index (χ1v) is 5.19. The molecule has 1 heterocycles. The third kappa shape index (κ3) is 2.53. The SMILES string of the molecule is O[N+](Cc1ccc(Cl)cc1)=C1NCCN1. The van der Waals surface area contributed by atoms with Crippen LogP contribution in [0.4, 0.5) is 0 Å². The number of guanidine groups is 1. The molecular formula is C10H13ClN3O+. The van der Waals surface area contributed by atoms with Gasteiger partial charge in [-0.05, 0) is 17.7 Å². The minimum atomic E-state index is 0.437. The van der Waals surface area contributed by atoms with Crippen molar-refractivity contribution in [3.63, 3.8) is 0 Å². The molecule has 1 aromatic carbocycles. The van der Waals surface area contributed by atoms with Gasteiger partial charge in [0, 0.05) is 5.02 Å². The zero-order valence-corrected chi connectivity index (χ0v) is 8.96. The van der Waals surface area contributed by atoms with Crippen LogP contribution in [0.2, 0.25) is 5.02 Å². The van der Waals surface area contributed by atoms with E-state index >= 15 is 0 Å². The number of rotatable bonds is 2. The van der Waals surface area contributed by atoms with Crippen molar-refractivity contribution in [2.24, 2.45) is 0 Å². The third-order valence-corrected chi connectivity index (χ3v) is 2.47. The first kappa shape index (κ1) is 10.1. The molecule has 0 saturated carbocycles. The Kier molecular flexibility index (Phi) is 2.97. The predicted molar refractivity (Wildman–Crippen MR) is 58.2 cm³/mol. The largest absolute Gasteiger partial charge is 0.382 e. The van der Waals surface area contributed by atoms with Gasteiger partial charge in [0.2, 0.25) is 0 Å². The predicted octanol–water partition coefficient (Wildman–Crippen LogP) is 0.790. The third-order valence-electron chi connectivity index (χ3n) is 2.21. The molecule has 0 radical (unpaired) electrons. The van der Waals surface area contributed by atoms with Crippen LogP contribution < -0.4 is 10.6 Å². The molecule has 0 amide bonds. The van der Waals surface area contributed by atoms with Crippen molar-refractivity contribution in [1.29, 1.82) is 0 Å². The molecular weight excluding hydrogens is 214 g/mol. The van der Waals surface area contributed by atoms with Crippen molar-refractivity contribution in [2.45, 2.75) is 6.54 Å². The van der Waals surface area contributed by atoms with Gasteiger partial charge in [-0.1, -0.05) is 28.5 Å². The van der Waals surface area contributed by atoms with Crippen LogP contribution in [-0.4, -0.2) is 29.0 Å². The van der Waals surface area contributed by atoms with Crippen LogP contribution in [0.5, 0.6) is 0 Å². The first-order chi connectivity index (χ1) is 7.25. The second-order valence-electron chi connectivity index (χ2n) is 3.39. The van der Waals surface area contributed by atoms with Crippen LogP contribution in [0.1, 0.15) is 5.56 Å². The van der Waals surface area contributed by atoms with E-state index < -0.39 is 0 Å². The molecule has 0 bridgehead atoms. The molecule has 0 atom stereocenters. The van der Waals surface area contributed by atoms with Crippen molar-refractivity contribution >= 4 is 17.6 Å². The molecule has 0 aromatic heterocycles. The van der Waals surface area contributed by atoms with E-state index in [0.29, 0.717) is 17.5 Å². The van der Waals surface area contributed by atoms with E-state index in [2.05, 4.69) is 10.6 Å². The van der Waals surface area contributed by atoms with Gasteiger partial charge in [0.05, 0.1) is 13.1 Å². The van der Waals surface area contributed by atoms with E-state index in [9.17, 15) is 5.21 Å². The quantitative estimate of drug-likeness (QED) is 0.397. The van der Waals surface area contributed by atoms with Crippen LogP contribution in [0.25, 0.3) is 0 Å². The van der Waals surface area contributed by atoms with Crippen molar-refractivity contribution < 1.29 is 9.95 Å². The molecule has 1 aromatic rings. The highest BCUT2D eigenvalue weighted by molar-refractivity contribution is 6.30. The molecule has 1 aliphatic heterocycles. The van der Waals surface area contributed by atoms with Gasteiger partial charge in [-0.25, -0.2) is 0 Å². The topological polar surface area (TPSA) is 47.3 Å². The fraction of sp³-hybridized carbons (Fsp3) is 0.300. The molecule has 0 aliphatic carbocycles. The summed E-state index contributed by atoms with van der Waals surface area (Å²) < 4.78 is 1.16. The second-order valence-corrected chi connectivity index (χ2v) is 3.82. The first-order valence-electron chi connectivity index (χ1n) is 4.81. The van der Waals surface area contributed by atoms with E-state index in [1.165, 1.54) is 0 Å². The van der Waals surface area contributed by atoms with Gasteiger partial charge in [-0.2, -0.15) is 0 Å². The summed E-state index contributed by atoms with van der Waals surface area (Å²) in [5.74, 6) is 0.657. The minimum absolute atomic E-state index is 0.437. The summed E-state index contributed by atoms with van der Waals surface area (Å²) in [7, 11) is 0. The van der Waals surface area contributed by atoms with E-state index in [4.69, 9.17) is 11.6 Å². The zero-order chi connectivity index (χ0) is 10.7. The second kappa shape index (κ2) is 4.40. The summed E-state index contributed by atoms with van der Waals surface area (Å²) in [5.41, 5.74) is 1.00. The van der Waals surface area contributed by atoms with Gasteiger partial charge < -0.3 is 5.21 Å². The normalized spacial score (nSPS) is 14.6. The lowest BCUT2D eigenvalue weighted by Crippen LogP contribution is -2.34. The minimum Gasteiger partial charge on any atom is -0.376 e. The van der Waals surface area contributed by atoms with Gasteiger partial charge in [0.15, 0.2) is 0 Å². The Bertz CT molecular complexity index is 367. The highest BCUT2D eigenvalue weighted by Gasteiger charge is 2.17. The van der Waals surface area contributed by atoms with Crippen molar-refractivity contribution in [1.82, 2.24) is 10.6 Å². The molecule has 1 saturated heterocycles. The number of nitrogens with one attached hydrogen (secondary N) is 2. The van der Waals surface area contributed by atoms with E-state index in [-0.39, 0.29) is 0 Å². The number of hydroxylamine groups is 1. The number of hydrogen-bond donors (Lipinski definition) is 3. The molecule has 1 fully saturated rings. The molecule has 5 heteroatoms. The summed E-state index contributed by atoms with van der Waals surface area (Å²) >= 11 is 5.77. The number of benzene rings is 1. The van der Waals surface area contributed by atoms with Crippen LogP contribution in [0.15, 0.2) is 24.3 Å². The highest BCUT2D eigenvalue weighted by atomic mass is 35.5. The maximum Gasteiger partial charge on any atom is 0.382 e. The van der Waals surface area contributed by atoms with Gasteiger partial charge in [-0.3, -0.25) is 10.6 Å². The molecule has 0 spiro atoms. The number of hydrogen-bond acceptors (Lipinski definition) is 1. The van der Waals surface area contributed by atoms with Crippen LogP contribution >= 0.6 is 11.6 Å². The standard InChI is InChI=1S/C10H12ClN3O/c11-9-3-1-8(2-4-9)7-14(15)10-12-5-6-13-10/h1-4,15H,5-7H2,(H,12,13)/p+1. The highest BCUT2D eigenvalue weighted by Crippen LogP contribution is 2.09. The van der Waals surface area contributed by atoms with E-state index in [1.807, 2.05) is 24.3 Å². The fourth-order valence-corrected chi connectivity index (χ4v) is 1.57. The molecule has 15 heavy (non-hydrogen) atoms. The Morgan fingerprint density at radius 2 is 1.80 bits per heavy atom. The van der Waals surface area contributed by atoms with Crippen LogP contribution in [0, 0.1) is 0 Å². The molecule has 2 rings (SSSR count). The average Bonchev–Trinajstić information content (AvgIpc) is 2.74. The molecule has 0 unspecified atom stereocenters. The van der Waals surface area contributed by atoms with Crippen LogP contribution in [0.3, 0.4) is 0 Å². The van der Waals surface area contributed by atoms with E-state index in [1.54, 1.807) is 0 Å². The Morgan fingerprint density at radius 3 is 2.40 bits per heavy atom. The van der Waals surface area contributed by atoms with Gasteiger partial charge >= 0.3 is 5.96 Å². The average molecular weight is 227 g/mol. The lowest BCUT2D eigenvalue weighted by Gasteiger charge is -2.02. The summed E-state index contributed by atoms with van der Waals surface area (Å²) in [5, 5.41) is 16.5. The number of nitrogens with zero attached hydrogens (tertiary/aromatic N) is 1. The lowest BCUT2D eigenvalue weighted by atomic mass is 10.2. The van der Waals surface area contributed by atoms with Crippen molar-refractivity contribution in [3.8, 4) is 0 Å². The molecule has 4 nitrogen and oxygen atoms in total. The van der Waals surface area contributed by atoms with E-state index in [0.717, 1.165) is 23.4 Å². The van der Waals surface area contributed by atoms with Crippen molar-refractivity contribution in [3.05, 3.63) is 34.9 Å². The zero-order valence-electron chi connectivity index (χ0n) is 8.20. The Balaban J connectivity index is 2.08. The molecule has 3 N–H and O–H groups in total. The summed E-state index contributed by atoms with van der Waals surface area (Å²) in [4.78, 5) is 0. The summed E-state index contributed by atoms with van der Waals surface area (Å²) in [6, 6.07) is 7.40. The van der Waals surface area contributed by atoms with Gasteiger partial charge in [0.25, 0.3) is 0 Å². The maximum atomic E-state index is 9.71. The Labute approximate surface area is 93.1 Å². The molecule has 80 valence electrons. The monoisotopic (exact) mass is 226 g/mol. The maximum absolute atomic E-state index is 9.71. The van der Waals surface area contributed by atoms with Gasteiger partial charge in [-0.15, -0.1) is 0 Å². The number of halogens is 1.